The molecule has 0 spiro atoms. The molecule has 1 atom stereocenters. The van der Waals surface area contributed by atoms with Gasteiger partial charge in [-0.25, -0.2) is 0 Å². The molecule has 0 rings (SSSR count). The molecule has 0 N–H and O–H groups in total. The van der Waals surface area contributed by atoms with Crippen molar-refractivity contribution < 1.29 is 9.53 Å². The molecule has 0 amide bonds. The number of carbonyl (C=O) groups is 1. The van der Waals surface area contributed by atoms with E-state index in [1.54, 1.807) is 0 Å². The minimum Gasteiger partial charge on any atom is -0.469 e. The SMILES string of the molecule is C=C(CCC(C)C(=O)OC)C(C)C. The summed E-state index contributed by atoms with van der Waals surface area (Å²) in [6.07, 6.45) is 1.75. The second kappa shape index (κ2) is 5.79. The van der Waals surface area contributed by atoms with Crippen molar-refractivity contribution in [2.75, 3.05) is 7.11 Å². The molecular formula is C11H20O2. The fourth-order valence-electron chi connectivity index (χ4n) is 1.01. The third-order valence-corrected chi connectivity index (χ3v) is 2.32. The average Bonchev–Trinajstić information content (AvgIpc) is 2.11. The Morgan fingerprint density at radius 1 is 1.38 bits per heavy atom. The maximum atomic E-state index is 11.0. The second-order valence-electron chi connectivity index (χ2n) is 3.78. The molecule has 0 radical (unpaired) electrons. The van der Waals surface area contributed by atoms with Crippen molar-refractivity contribution >= 4 is 5.97 Å². The van der Waals surface area contributed by atoms with E-state index in [1.807, 2.05) is 6.92 Å². The lowest BCUT2D eigenvalue weighted by atomic mass is 9.96. The largest absolute Gasteiger partial charge is 0.469 e. The van der Waals surface area contributed by atoms with Crippen LogP contribution in [0.1, 0.15) is 33.6 Å². The Labute approximate surface area is 81.0 Å². The summed E-state index contributed by atoms with van der Waals surface area (Å²) in [5.74, 6) is 0.363. The lowest BCUT2D eigenvalue weighted by Crippen LogP contribution is -2.13. The van der Waals surface area contributed by atoms with Gasteiger partial charge in [-0.1, -0.05) is 32.9 Å². The zero-order valence-corrected chi connectivity index (χ0v) is 9.09. The lowest BCUT2D eigenvalue weighted by Gasteiger charge is -2.12. The van der Waals surface area contributed by atoms with Crippen LogP contribution in [0.5, 0.6) is 0 Å². The highest BCUT2D eigenvalue weighted by molar-refractivity contribution is 5.71. The van der Waals surface area contributed by atoms with Crippen LogP contribution in [0.15, 0.2) is 12.2 Å². The van der Waals surface area contributed by atoms with Crippen molar-refractivity contribution in [3.63, 3.8) is 0 Å². The molecular weight excluding hydrogens is 164 g/mol. The van der Waals surface area contributed by atoms with Gasteiger partial charge >= 0.3 is 5.97 Å². The van der Waals surface area contributed by atoms with Crippen LogP contribution >= 0.6 is 0 Å². The van der Waals surface area contributed by atoms with Gasteiger partial charge in [0.05, 0.1) is 13.0 Å². The Morgan fingerprint density at radius 3 is 2.31 bits per heavy atom. The molecule has 76 valence electrons. The minimum absolute atomic E-state index is 0.0134. The topological polar surface area (TPSA) is 26.3 Å². The van der Waals surface area contributed by atoms with E-state index < -0.39 is 0 Å². The molecule has 0 aliphatic carbocycles. The van der Waals surface area contributed by atoms with Crippen molar-refractivity contribution in [1.82, 2.24) is 0 Å². The Balaban J connectivity index is 3.76. The van der Waals surface area contributed by atoms with E-state index in [1.165, 1.54) is 12.7 Å². The van der Waals surface area contributed by atoms with Crippen LogP contribution in [0.25, 0.3) is 0 Å². The van der Waals surface area contributed by atoms with Crippen LogP contribution < -0.4 is 0 Å². The van der Waals surface area contributed by atoms with Gasteiger partial charge in [0.15, 0.2) is 0 Å². The number of methoxy groups -OCH3 is 1. The van der Waals surface area contributed by atoms with Crippen LogP contribution in [-0.4, -0.2) is 13.1 Å². The lowest BCUT2D eigenvalue weighted by molar-refractivity contribution is -0.145. The normalized spacial score (nSPS) is 12.7. The quantitative estimate of drug-likeness (QED) is 0.485. The van der Waals surface area contributed by atoms with Crippen LogP contribution in [0, 0.1) is 11.8 Å². The molecule has 0 fully saturated rings. The maximum Gasteiger partial charge on any atom is 0.308 e. The molecule has 0 aliphatic rings. The number of rotatable bonds is 5. The number of allylic oxidation sites excluding steroid dienone is 1. The summed E-state index contributed by atoms with van der Waals surface area (Å²) in [7, 11) is 1.43. The molecule has 0 aromatic rings. The first kappa shape index (κ1) is 12.2. The molecule has 0 aliphatic heterocycles. The Bertz CT molecular complexity index is 183. The molecule has 0 bridgehead atoms. The van der Waals surface area contributed by atoms with Gasteiger partial charge in [0.25, 0.3) is 0 Å². The van der Waals surface area contributed by atoms with Crippen LogP contribution in [0.3, 0.4) is 0 Å². The first-order valence-corrected chi connectivity index (χ1v) is 4.74. The van der Waals surface area contributed by atoms with Crippen LogP contribution in [0.2, 0.25) is 0 Å². The van der Waals surface area contributed by atoms with E-state index in [4.69, 9.17) is 0 Å². The van der Waals surface area contributed by atoms with E-state index >= 15 is 0 Å². The van der Waals surface area contributed by atoms with E-state index in [-0.39, 0.29) is 11.9 Å². The summed E-state index contributed by atoms with van der Waals surface area (Å²) in [5.41, 5.74) is 1.20. The summed E-state index contributed by atoms with van der Waals surface area (Å²) in [6.45, 7) is 10.1. The number of hydrogen-bond acceptors (Lipinski definition) is 2. The smallest absolute Gasteiger partial charge is 0.308 e. The third kappa shape index (κ3) is 4.71. The second-order valence-corrected chi connectivity index (χ2v) is 3.78. The Kier molecular flexibility index (Phi) is 5.44. The molecule has 2 heteroatoms. The predicted octanol–water partition coefficient (Wildman–Crippen LogP) is 2.79. The zero-order valence-electron chi connectivity index (χ0n) is 9.09. The Morgan fingerprint density at radius 2 is 1.92 bits per heavy atom. The fourth-order valence-corrected chi connectivity index (χ4v) is 1.01. The number of hydrogen-bond donors (Lipinski definition) is 0. The molecule has 2 nitrogen and oxygen atoms in total. The maximum absolute atomic E-state index is 11.0. The van der Waals surface area contributed by atoms with Crippen molar-refractivity contribution in [3.8, 4) is 0 Å². The highest BCUT2D eigenvalue weighted by atomic mass is 16.5. The standard InChI is InChI=1S/C11H20O2/c1-8(2)9(3)6-7-10(4)11(12)13-5/h8,10H,3,6-7H2,1-2,4-5H3. The van der Waals surface area contributed by atoms with Crippen LogP contribution in [0.4, 0.5) is 0 Å². The highest BCUT2D eigenvalue weighted by Crippen LogP contribution is 2.17. The molecule has 1 unspecified atom stereocenters. The number of ether oxygens (including phenoxy) is 1. The average molecular weight is 184 g/mol. The van der Waals surface area contributed by atoms with Gasteiger partial charge in [0.1, 0.15) is 0 Å². The molecule has 0 aromatic heterocycles. The summed E-state index contributed by atoms with van der Waals surface area (Å²) in [5, 5.41) is 0. The van der Waals surface area contributed by atoms with E-state index in [0.29, 0.717) is 5.92 Å². The zero-order chi connectivity index (χ0) is 10.4. The van der Waals surface area contributed by atoms with Gasteiger partial charge in [0, 0.05) is 0 Å². The van der Waals surface area contributed by atoms with Crippen LogP contribution in [-0.2, 0) is 9.53 Å². The minimum atomic E-state index is -0.128. The van der Waals surface area contributed by atoms with Gasteiger partial charge in [-0.15, -0.1) is 0 Å². The van der Waals surface area contributed by atoms with E-state index in [9.17, 15) is 4.79 Å². The molecule has 0 saturated carbocycles. The van der Waals surface area contributed by atoms with Gasteiger partial charge in [-0.3, -0.25) is 4.79 Å². The first-order valence-electron chi connectivity index (χ1n) is 4.74. The monoisotopic (exact) mass is 184 g/mol. The van der Waals surface area contributed by atoms with Gasteiger partial charge in [-0.2, -0.15) is 0 Å². The summed E-state index contributed by atoms with van der Waals surface area (Å²) < 4.78 is 4.64. The van der Waals surface area contributed by atoms with Crippen molar-refractivity contribution in [3.05, 3.63) is 12.2 Å². The van der Waals surface area contributed by atoms with Crippen molar-refractivity contribution in [2.45, 2.75) is 33.6 Å². The van der Waals surface area contributed by atoms with Crippen molar-refractivity contribution in [2.24, 2.45) is 11.8 Å². The highest BCUT2D eigenvalue weighted by Gasteiger charge is 2.13. The fraction of sp³-hybridized carbons (Fsp3) is 0.727. The Hall–Kier alpha value is -0.790. The summed E-state index contributed by atoms with van der Waals surface area (Å²) in [6, 6.07) is 0. The molecule has 13 heavy (non-hydrogen) atoms. The predicted molar refractivity (Wildman–Crippen MR) is 54.4 cm³/mol. The molecule has 0 saturated heterocycles. The number of esters is 1. The number of carbonyl (C=O) groups excluding carboxylic acids is 1. The summed E-state index contributed by atoms with van der Waals surface area (Å²) >= 11 is 0. The van der Waals surface area contributed by atoms with E-state index in [0.717, 1.165) is 12.8 Å². The van der Waals surface area contributed by atoms with Crippen molar-refractivity contribution in [1.29, 1.82) is 0 Å². The molecule has 0 heterocycles. The first-order chi connectivity index (χ1) is 5.99. The van der Waals surface area contributed by atoms with Gasteiger partial charge in [-0.05, 0) is 18.8 Å². The van der Waals surface area contributed by atoms with Gasteiger partial charge < -0.3 is 4.74 Å². The third-order valence-electron chi connectivity index (χ3n) is 2.32. The summed E-state index contributed by atoms with van der Waals surface area (Å²) in [4.78, 5) is 11.0. The molecule has 0 aromatic carbocycles. The van der Waals surface area contributed by atoms with E-state index in [2.05, 4.69) is 25.2 Å². The van der Waals surface area contributed by atoms with Gasteiger partial charge in [0.2, 0.25) is 0 Å².